The van der Waals surface area contributed by atoms with Gasteiger partial charge in [-0.05, 0) is 43.2 Å². The third-order valence-electron chi connectivity index (χ3n) is 5.19. The number of sulfonamides is 1. The maximum absolute atomic E-state index is 13.1. The number of amides is 2. The van der Waals surface area contributed by atoms with Crippen LogP contribution in [0.25, 0.3) is 0 Å². The van der Waals surface area contributed by atoms with Gasteiger partial charge in [-0.1, -0.05) is 40.2 Å². The lowest BCUT2D eigenvalue weighted by Crippen LogP contribution is -2.46. The fraction of sp³-hybridized carbons (Fsp3) is 0.391. The van der Waals surface area contributed by atoms with Crippen molar-refractivity contribution in [3.8, 4) is 5.75 Å². The average Bonchev–Trinajstić information content (AvgIpc) is 2.79. The Kier molecular flexibility index (Phi) is 9.72. The van der Waals surface area contributed by atoms with E-state index in [1.807, 2.05) is 24.3 Å². The van der Waals surface area contributed by atoms with Gasteiger partial charge in [-0.25, -0.2) is 8.42 Å². The molecule has 0 aliphatic carbocycles. The number of likely N-dealkylation sites (N-methyl/N-ethyl adjacent to an activating group) is 1. The van der Waals surface area contributed by atoms with Crippen LogP contribution in [0.15, 0.2) is 53.0 Å². The normalized spacial score (nSPS) is 12.0. The SMILES string of the molecule is CNC(=O)C(C)N(Cc1ccc(Br)cc1)C(=O)CCCN(c1ccccc1OC)S(C)(=O)=O. The molecule has 2 amide bonds. The molecular weight excluding hydrogens is 510 g/mol. The van der Waals surface area contributed by atoms with Crippen LogP contribution in [0.2, 0.25) is 0 Å². The molecule has 0 heterocycles. The fourth-order valence-electron chi connectivity index (χ4n) is 3.40. The van der Waals surface area contributed by atoms with Gasteiger partial charge >= 0.3 is 0 Å². The summed E-state index contributed by atoms with van der Waals surface area (Å²) in [7, 11) is -0.594. The molecule has 0 aromatic heterocycles. The summed E-state index contributed by atoms with van der Waals surface area (Å²) in [5.74, 6) is -0.0749. The van der Waals surface area contributed by atoms with Gasteiger partial charge in [-0.2, -0.15) is 0 Å². The molecule has 1 atom stereocenters. The summed E-state index contributed by atoms with van der Waals surface area (Å²) in [6.07, 6.45) is 1.48. The zero-order valence-electron chi connectivity index (χ0n) is 19.2. The Balaban J connectivity index is 2.16. The van der Waals surface area contributed by atoms with E-state index in [1.54, 1.807) is 31.2 Å². The van der Waals surface area contributed by atoms with Crippen molar-refractivity contribution < 1.29 is 22.7 Å². The molecule has 0 aliphatic rings. The number of ether oxygens (including phenoxy) is 1. The highest BCUT2D eigenvalue weighted by Gasteiger charge is 2.26. The van der Waals surface area contributed by atoms with Crippen molar-refractivity contribution in [3.63, 3.8) is 0 Å². The molecule has 0 spiro atoms. The third-order valence-corrected chi connectivity index (χ3v) is 6.89. The average molecular weight is 540 g/mol. The molecule has 0 saturated heterocycles. The number of nitrogens with one attached hydrogen (secondary N) is 1. The summed E-state index contributed by atoms with van der Waals surface area (Å²) < 4.78 is 32.3. The summed E-state index contributed by atoms with van der Waals surface area (Å²) >= 11 is 3.39. The molecule has 33 heavy (non-hydrogen) atoms. The summed E-state index contributed by atoms with van der Waals surface area (Å²) in [5, 5.41) is 2.58. The van der Waals surface area contributed by atoms with Crippen molar-refractivity contribution in [2.45, 2.75) is 32.4 Å². The molecule has 0 aliphatic heterocycles. The van der Waals surface area contributed by atoms with Crippen LogP contribution in [0.5, 0.6) is 5.75 Å². The maximum atomic E-state index is 13.1. The van der Waals surface area contributed by atoms with Crippen LogP contribution in [0.3, 0.4) is 0 Å². The summed E-state index contributed by atoms with van der Waals surface area (Å²) in [6, 6.07) is 13.7. The quantitative estimate of drug-likeness (QED) is 0.473. The molecule has 2 aromatic rings. The lowest BCUT2D eigenvalue weighted by Gasteiger charge is -2.29. The standard InChI is InChI=1S/C23H30BrN3O5S/c1-17(23(29)25-2)26(16-18-11-13-19(24)14-12-18)22(28)10-7-15-27(33(4,30)31)20-8-5-6-9-21(20)32-3/h5-6,8-9,11-14,17H,7,10,15-16H2,1-4H3,(H,25,29). The molecule has 2 rings (SSSR count). The molecule has 0 saturated carbocycles. The third kappa shape index (κ3) is 7.46. The number of hydrogen-bond acceptors (Lipinski definition) is 5. The molecule has 2 aromatic carbocycles. The lowest BCUT2D eigenvalue weighted by molar-refractivity contribution is -0.140. The van der Waals surface area contributed by atoms with Gasteiger partial charge in [0.15, 0.2) is 0 Å². The first-order chi connectivity index (χ1) is 15.6. The minimum absolute atomic E-state index is 0.0824. The Bertz CT molecular complexity index is 1060. The number of rotatable bonds is 11. The van der Waals surface area contributed by atoms with Crippen LogP contribution in [-0.2, 0) is 26.2 Å². The van der Waals surface area contributed by atoms with Gasteiger partial charge in [0.05, 0.1) is 19.1 Å². The van der Waals surface area contributed by atoms with Crippen LogP contribution < -0.4 is 14.4 Å². The van der Waals surface area contributed by atoms with Gasteiger partial charge in [-0.3, -0.25) is 13.9 Å². The van der Waals surface area contributed by atoms with Crippen molar-refractivity contribution >= 4 is 43.5 Å². The van der Waals surface area contributed by atoms with Gasteiger partial charge in [0.2, 0.25) is 21.8 Å². The molecule has 180 valence electrons. The van der Waals surface area contributed by atoms with Gasteiger partial charge in [-0.15, -0.1) is 0 Å². The van der Waals surface area contributed by atoms with Gasteiger partial charge in [0.1, 0.15) is 11.8 Å². The second-order valence-electron chi connectivity index (χ2n) is 7.55. The minimum atomic E-state index is -3.60. The molecule has 0 radical (unpaired) electrons. The molecule has 8 nitrogen and oxygen atoms in total. The van der Waals surface area contributed by atoms with Crippen molar-refractivity contribution in [2.24, 2.45) is 0 Å². The monoisotopic (exact) mass is 539 g/mol. The van der Waals surface area contributed by atoms with Crippen molar-refractivity contribution in [1.82, 2.24) is 10.2 Å². The first kappa shape index (κ1) is 26.7. The maximum Gasteiger partial charge on any atom is 0.242 e. The molecule has 0 fully saturated rings. The number of carbonyl (C=O) groups excluding carboxylic acids is 2. The molecule has 10 heteroatoms. The van der Waals surface area contributed by atoms with Gasteiger partial charge in [0, 0.05) is 31.0 Å². The predicted molar refractivity (Wildman–Crippen MR) is 133 cm³/mol. The second-order valence-corrected chi connectivity index (χ2v) is 10.4. The highest BCUT2D eigenvalue weighted by atomic mass is 79.9. The number of halogens is 1. The van der Waals surface area contributed by atoms with E-state index < -0.39 is 16.1 Å². The van der Waals surface area contributed by atoms with E-state index in [-0.39, 0.29) is 37.7 Å². The van der Waals surface area contributed by atoms with Crippen molar-refractivity contribution in [2.75, 3.05) is 31.3 Å². The number of hydrogen-bond donors (Lipinski definition) is 1. The van der Waals surface area contributed by atoms with E-state index in [4.69, 9.17) is 4.74 Å². The van der Waals surface area contributed by atoms with Crippen LogP contribution in [0, 0.1) is 0 Å². The number of para-hydroxylation sites is 2. The van der Waals surface area contributed by atoms with Crippen LogP contribution in [0.1, 0.15) is 25.3 Å². The summed E-state index contributed by atoms with van der Waals surface area (Å²) in [6.45, 7) is 2.04. The highest BCUT2D eigenvalue weighted by molar-refractivity contribution is 9.10. The van der Waals surface area contributed by atoms with E-state index in [2.05, 4.69) is 21.2 Å². The van der Waals surface area contributed by atoms with Crippen LogP contribution in [-0.4, -0.2) is 58.1 Å². The topological polar surface area (TPSA) is 96.0 Å². The first-order valence-electron chi connectivity index (χ1n) is 10.4. The molecule has 0 bridgehead atoms. The Hall–Kier alpha value is -2.59. The van der Waals surface area contributed by atoms with E-state index in [9.17, 15) is 18.0 Å². The molecule has 1 unspecified atom stereocenters. The lowest BCUT2D eigenvalue weighted by atomic mass is 10.1. The second kappa shape index (κ2) is 12.0. The smallest absolute Gasteiger partial charge is 0.242 e. The van der Waals surface area contributed by atoms with E-state index in [1.165, 1.54) is 23.4 Å². The highest BCUT2D eigenvalue weighted by Crippen LogP contribution is 2.29. The molecular formula is C23H30BrN3O5S. The van der Waals surface area contributed by atoms with Gasteiger partial charge in [0.25, 0.3) is 0 Å². The van der Waals surface area contributed by atoms with E-state index in [0.29, 0.717) is 11.4 Å². The molecule has 1 N–H and O–H groups in total. The minimum Gasteiger partial charge on any atom is -0.495 e. The van der Waals surface area contributed by atoms with Crippen molar-refractivity contribution in [3.05, 3.63) is 58.6 Å². The number of benzene rings is 2. The number of nitrogens with zero attached hydrogens (tertiary/aromatic N) is 2. The zero-order chi connectivity index (χ0) is 24.6. The number of methoxy groups -OCH3 is 1. The first-order valence-corrected chi connectivity index (χ1v) is 13.1. The Labute approximate surface area is 204 Å². The largest absolute Gasteiger partial charge is 0.495 e. The summed E-state index contributed by atoms with van der Waals surface area (Å²) in [4.78, 5) is 26.9. The Morgan fingerprint density at radius 3 is 2.33 bits per heavy atom. The van der Waals surface area contributed by atoms with Crippen LogP contribution >= 0.6 is 15.9 Å². The Morgan fingerprint density at radius 2 is 1.76 bits per heavy atom. The zero-order valence-corrected chi connectivity index (χ0v) is 21.6. The fourth-order valence-corrected chi connectivity index (χ4v) is 4.63. The Morgan fingerprint density at radius 1 is 1.12 bits per heavy atom. The predicted octanol–water partition coefficient (Wildman–Crippen LogP) is 3.17. The number of anilines is 1. The van der Waals surface area contributed by atoms with Crippen molar-refractivity contribution in [1.29, 1.82) is 0 Å². The van der Waals surface area contributed by atoms with E-state index >= 15 is 0 Å². The summed E-state index contributed by atoms with van der Waals surface area (Å²) in [5.41, 5.74) is 1.30. The number of carbonyl (C=O) groups is 2. The van der Waals surface area contributed by atoms with Crippen LogP contribution in [0.4, 0.5) is 5.69 Å². The van der Waals surface area contributed by atoms with E-state index in [0.717, 1.165) is 16.3 Å². The van der Waals surface area contributed by atoms with Gasteiger partial charge < -0.3 is 15.0 Å².